The molecule has 0 radical (unpaired) electrons. The molecule has 0 aliphatic carbocycles. The molecule has 0 saturated carbocycles. The third kappa shape index (κ3) is 5.34. The molecule has 0 aliphatic heterocycles. The van der Waals surface area contributed by atoms with Gasteiger partial charge in [0.1, 0.15) is 0 Å². The highest BCUT2D eigenvalue weighted by molar-refractivity contribution is 6.48. The number of nitrogens with one attached hydrogen (secondary N) is 1. The van der Waals surface area contributed by atoms with Crippen LogP contribution in [0.15, 0.2) is 24.2 Å². The molecule has 0 saturated heterocycles. The van der Waals surface area contributed by atoms with Crippen LogP contribution in [0.5, 0.6) is 0 Å². The van der Waals surface area contributed by atoms with Crippen LogP contribution in [0.3, 0.4) is 0 Å². The highest BCUT2D eigenvalue weighted by atomic mass is 14.8. The van der Waals surface area contributed by atoms with Gasteiger partial charge in [-0.2, -0.15) is 0 Å². The largest absolute Gasteiger partial charge is 0.395 e. The molecular formula is C6H12BN. The third-order valence-electron chi connectivity index (χ3n) is 0.792. The van der Waals surface area contributed by atoms with Gasteiger partial charge in [-0.3, -0.25) is 0 Å². The second kappa shape index (κ2) is 6.34. The Morgan fingerprint density at radius 3 is 2.62 bits per heavy atom. The molecule has 0 spiro atoms. The summed E-state index contributed by atoms with van der Waals surface area (Å²) in [5.74, 6) is 4.17. The molecule has 0 aliphatic rings. The predicted octanol–water partition coefficient (Wildman–Crippen LogP) is 0.647. The van der Waals surface area contributed by atoms with Crippen LogP contribution in [0.4, 0.5) is 0 Å². The average molecular weight is 109 g/mol. The summed E-state index contributed by atoms with van der Waals surface area (Å²) < 4.78 is 0. The third-order valence-corrected chi connectivity index (χ3v) is 0.792. The van der Waals surface area contributed by atoms with Crippen molar-refractivity contribution in [2.45, 2.75) is 6.92 Å². The van der Waals surface area contributed by atoms with E-state index in [1.165, 1.54) is 0 Å². The molecular weight excluding hydrogens is 96.9 g/mol. The molecule has 8 heavy (non-hydrogen) atoms. The SMILES string of the molecule is C/C=C\B/C=C\NC. The smallest absolute Gasteiger partial charge is 0.175 e. The maximum absolute atomic E-state index is 2.91. The molecule has 0 atom stereocenters. The summed E-state index contributed by atoms with van der Waals surface area (Å²) in [6.07, 6.45) is 3.97. The number of rotatable bonds is 3. The molecule has 0 heterocycles. The van der Waals surface area contributed by atoms with Crippen LogP contribution in [0.2, 0.25) is 0 Å². The summed E-state index contributed by atoms with van der Waals surface area (Å²) in [6.45, 7) is 2.02. The van der Waals surface area contributed by atoms with Gasteiger partial charge >= 0.3 is 0 Å². The summed E-state index contributed by atoms with van der Waals surface area (Å²) in [4.78, 5) is 0. The van der Waals surface area contributed by atoms with E-state index in [9.17, 15) is 0 Å². The van der Waals surface area contributed by atoms with E-state index >= 15 is 0 Å². The number of allylic oxidation sites excluding steroid dienone is 1. The van der Waals surface area contributed by atoms with Crippen molar-refractivity contribution < 1.29 is 0 Å². The van der Waals surface area contributed by atoms with Gasteiger partial charge in [-0.1, -0.05) is 5.98 Å². The van der Waals surface area contributed by atoms with Crippen molar-refractivity contribution in [3.8, 4) is 0 Å². The fraction of sp³-hybridized carbons (Fsp3) is 0.333. The zero-order chi connectivity index (χ0) is 6.24. The zero-order valence-corrected chi connectivity index (χ0v) is 5.52. The first kappa shape index (κ1) is 7.34. The maximum Gasteiger partial charge on any atom is 0.175 e. The topological polar surface area (TPSA) is 12.0 Å². The van der Waals surface area contributed by atoms with E-state index in [2.05, 4.69) is 17.3 Å². The van der Waals surface area contributed by atoms with Crippen molar-refractivity contribution in [3.63, 3.8) is 0 Å². The summed E-state index contributed by atoms with van der Waals surface area (Å²) in [6, 6.07) is 0. The zero-order valence-electron chi connectivity index (χ0n) is 5.52. The lowest BCUT2D eigenvalue weighted by Crippen LogP contribution is -1.92. The van der Waals surface area contributed by atoms with Crippen LogP contribution in [-0.2, 0) is 0 Å². The van der Waals surface area contributed by atoms with Crippen LogP contribution in [0.25, 0.3) is 0 Å². The van der Waals surface area contributed by atoms with Crippen LogP contribution in [0, 0.1) is 0 Å². The first-order chi connectivity index (χ1) is 3.91. The molecule has 0 fully saturated rings. The Morgan fingerprint density at radius 1 is 1.38 bits per heavy atom. The molecule has 1 N–H and O–H groups in total. The van der Waals surface area contributed by atoms with Crippen LogP contribution < -0.4 is 5.32 Å². The van der Waals surface area contributed by atoms with Crippen molar-refractivity contribution in [3.05, 3.63) is 24.2 Å². The second-order valence-electron chi connectivity index (χ2n) is 1.50. The average Bonchev–Trinajstić information content (AvgIpc) is 1.81. The summed E-state index contributed by atoms with van der Waals surface area (Å²) in [5, 5.41) is 2.91. The standard InChI is InChI=1S/C6H12BN/c1-3-4-7-5-6-8-2/h3-8H,1-2H3/b4-3-,6-5-. The van der Waals surface area contributed by atoms with Gasteiger partial charge in [0, 0.05) is 7.05 Å². The van der Waals surface area contributed by atoms with Gasteiger partial charge in [-0.25, -0.2) is 0 Å². The monoisotopic (exact) mass is 109 g/mol. The Kier molecular flexibility index (Phi) is 5.83. The minimum absolute atomic E-state index is 1.03. The molecule has 1 nitrogen and oxygen atoms in total. The Bertz CT molecular complexity index is 86.5. The highest BCUT2D eigenvalue weighted by Gasteiger charge is 1.68. The van der Waals surface area contributed by atoms with Gasteiger partial charge in [0.25, 0.3) is 0 Å². The second-order valence-corrected chi connectivity index (χ2v) is 1.50. The normalized spacial score (nSPS) is 10.8. The van der Waals surface area contributed by atoms with Gasteiger partial charge in [0.05, 0.1) is 0 Å². The molecule has 0 unspecified atom stereocenters. The minimum atomic E-state index is 1.03. The Balaban J connectivity index is 3.03. The Labute approximate surface area is 51.7 Å². The quantitative estimate of drug-likeness (QED) is 0.524. The lowest BCUT2D eigenvalue weighted by Gasteiger charge is -1.80. The van der Waals surface area contributed by atoms with E-state index < -0.39 is 0 Å². The molecule has 0 aromatic carbocycles. The van der Waals surface area contributed by atoms with Gasteiger partial charge in [-0.15, -0.1) is 12.1 Å². The minimum Gasteiger partial charge on any atom is -0.395 e. The molecule has 0 rings (SSSR count). The van der Waals surface area contributed by atoms with Crippen LogP contribution in [0.1, 0.15) is 6.92 Å². The molecule has 2 heteroatoms. The fourth-order valence-corrected chi connectivity index (χ4v) is 0.401. The van der Waals surface area contributed by atoms with Gasteiger partial charge in [-0.05, 0) is 13.1 Å². The molecule has 0 amide bonds. The van der Waals surface area contributed by atoms with Crippen molar-refractivity contribution in [2.75, 3.05) is 7.05 Å². The van der Waals surface area contributed by atoms with Crippen molar-refractivity contribution in [1.82, 2.24) is 5.32 Å². The fourth-order valence-electron chi connectivity index (χ4n) is 0.401. The van der Waals surface area contributed by atoms with Crippen molar-refractivity contribution >= 4 is 7.28 Å². The van der Waals surface area contributed by atoms with Crippen molar-refractivity contribution in [2.24, 2.45) is 0 Å². The lowest BCUT2D eigenvalue weighted by atomic mass is 9.79. The molecule has 0 aromatic rings. The van der Waals surface area contributed by atoms with Gasteiger partial charge < -0.3 is 5.32 Å². The lowest BCUT2D eigenvalue weighted by molar-refractivity contribution is 1.11. The summed E-state index contributed by atoms with van der Waals surface area (Å²) >= 11 is 0. The van der Waals surface area contributed by atoms with E-state index in [4.69, 9.17) is 0 Å². The predicted molar refractivity (Wildman–Crippen MR) is 40.2 cm³/mol. The Morgan fingerprint density at radius 2 is 2.12 bits per heavy atom. The molecule has 0 aromatic heterocycles. The number of hydrogen-bond donors (Lipinski definition) is 1. The van der Waals surface area contributed by atoms with Gasteiger partial charge in [0.15, 0.2) is 7.28 Å². The van der Waals surface area contributed by atoms with Crippen LogP contribution >= 0.6 is 0 Å². The van der Waals surface area contributed by atoms with Crippen LogP contribution in [-0.4, -0.2) is 14.3 Å². The first-order valence-corrected chi connectivity index (χ1v) is 2.85. The Hall–Kier alpha value is -0.655. The van der Waals surface area contributed by atoms with Crippen molar-refractivity contribution in [1.29, 1.82) is 0 Å². The highest BCUT2D eigenvalue weighted by Crippen LogP contribution is 1.68. The number of hydrogen-bond acceptors (Lipinski definition) is 1. The van der Waals surface area contributed by atoms with E-state index in [0.717, 1.165) is 7.28 Å². The van der Waals surface area contributed by atoms with E-state index in [1.807, 2.05) is 26.2 Å². The first-order valence-electron chi connectivity index (χ1n) is 2.85. The van der Waals surface area contributed by atoms with E-state index in [-0.39, 0.29) is 0 Å². The molecule has 0 bridgehead atoms. The van der Waals surface area contributed by atoms with E-state index in [0.29, 0.717) is 0 Å². The summed E-state index contributed by atoms with van der Waals surface area (Å²) in [5.41, 5.74) is 0. The summed E-state index contributed by atoms with van der Waals surface area (Å²) in [7, 11) is 2.92. The maximum atomic E-state index is 2.91. The van der Waals surface area contributed by atoms with Gasteiger partial charge in [0.2, 0.25) is 0 Å². The molecule has 44 valence electrons. The van der Waals surface area contributed by atoms with E-state index in [1.54, 1.807) is 0 Å².